The maximum Gasteiger partial charge on any atom is 0.306 e. The Balaban J connectivity index is 1.49. The fraction of sp³-hybridized carbons (Fsp3) is 0.360. The van der Waals surface area contributed by atoms with Gasteiger partial charge in [-0.15, -0.1) is 0 Å². The van der Waals surface area contributed by atoms with Crippen LogP contribution in [0.15, 0.2) is 56.4 Å². The van der Waals surface area contributed by atoms with E-state index >= 15 is 0 Å². The van der Waals surface area contributed by atoms with Gasteiger partial charge in [0.1, 0.15) is 11.5 Å². The van der Waals surface area contributed by atoms with Gasteiger partial charge in [0.2, 0.25) is 11.2 Å². The largest absolute Gasteiger partial charge is 0.502 e. The van der Waals surface area contributed by atoms with E-state index in [2.05, 4.69) is 9.80 Å². The highest BCUT2D eigenvalue weighted by atomic mass is 32.1. The molecule has 3 aromatic rings. The molecule has 1 saturated heterocycles. The number of aromatic hydroxyl groups is 1. The molecule has 1 N–H and O–H groups in total. The Bertz CT molecular complexity index is 1150. The van der Waals surface area contributed by atoms with E-state index in [0.29, 0.717) is 12.3 Å². The SMILES string of the molecule is COC(=O)CC(c1ccsc1)c1oc(CN2CCN(c3ccc(OC)cc3)CC2)cc(=O)c1O. The molecular weight excluding hydrogens is 456 g/mol. The molecule has 0 radical (unpaired) electrons. The second-order valence-corrected chi connectivity index (χ2v) is 8.92. The number of ether oxygens (including phenoxy) is 2. The molecule has 34 heavy (non-hydrogen) atoms. The van der Waals surface area contributed by atoms with Gasteiger partial charge in [-0.25, -0.2) is 0 Å². The number of nitrogens with zero attached hydrogens (tertiary/aromatic N) is 2. The number of hydrogen-bond donors (Lipinski definition) is 1. The Morgan fingerprint density at radius 3 is 2.50 bits per heavy atom. The van der Waals surface area contributed by atoms with Crippen molar-refractivity contribution in [2.24, 2.45) is 0 Å². The summed E-state index contributed by atoms with van der Waals surface area (Å²) >= 11 is 1.47. The van der Waals surface area contributed by atoms with Crippen molar-refractivity contribution in [1.29, 1.82) is 0 Å². The maximum absolute atomic E-state index is 12.6. The smallest absolute Gasteiger partial charge is 0.306 e. The Kier molecular flexibility index (Phi) is 7.54. The van der Waals surface area contributed by atoms with Crippen LogP contribution in [0, 0.1) is 0 Å². The molecule has 0 saturated carbocycles. The lowest BCUT2D eigenvalue weighted by Gasteiger charge is -2.36. The van der Waals surface area contributed by atoms with Crippen LogP contribution in [-0.4, -0.2) is 56.4 Å². The van der Waals surface area contributed by atoms with Gasteiger partial charge in [0.05, 0.1) is 33.1 Å². The topological polar surface area (TPSA) is 92.5 Å². The van der Waals surface area contributed by atoms with E-state index in [1.165, 1.54) is 24.5 Å². The van der Waals surface area contributed by atoms with Gasteiger partial charge in [0.15, 0.2) is 5.76 Å². The van der Waals surface area contributed by atoms with E-state index in [9.17, 15) is 14.7 Å². The van der Waals surface area contributed by atoms with Gasteiger partial charge in [0.25, 0.3) is 0 Å². The molecule has 180 valence electrons. The minimum atomic E-state index is -0.599. The summed E-state index contributed by atoms with van der Waals surface area (Å²) in [5, 5.41) is 14.2. The molecule has 9 heteroatoms. The number of esters is 1. The molecule has 1 aliphatic heterocycles. The lowest BCUT2D eigenvalue weighted by molar-refractivity contribution is -0.140. The molecule has 1 aromatic carbocycles. The first-order valence-electron chi connectivity index (χ1n) is 11.0. The molecular formula is C25H28N2O6S. The van der Waals surface area contributed by atoms with Crippen LogP contribution in [0.5, 0.6) is 11.5 Å². The quantitative estimate of drug-likeness (QED) is 0.486. The third-order valence-electron chi connectivity index (χ3n) is 6.05. The number of hydrogen-bond acceptors (Lipinski definition) is 9. The van der Waals surface area contributed by atoms with Crippen molar-refractivity contribution in [3.8, 4) is 11.5 Å². The number of carbonyl (C=O) groups excluding carboxylic acids is 1. The van der Waals surface area contributed by atoms with Gasteiger partial charge >= 0.3 is 5.97 Å². The molecule has 0 spiro atoms. The Hall–Kier alpha value is -3.30. The van der Waals surface area contributed by atoms with Crippen LogP contribution in [0.3, 0.4) is 0 Å². The average molecular weight is 485 g/mol. The molecule has 1 fully saturated rings. The van der Waals surface area contributed by atoms with Crippen molar-refractivity contribution in [3.63, 3.8) is 0 Å². The maximum atomic E-state index is 12.6. The number of rotatable bonds is 8. The highest BCUT2D eigenvalue weighted by Crippen LogP contribution is 2.34. The van der Waals surface area contributed by atoms with Crippen molar-refractivity contribution >= 4 is 23.0 Å². The summed E-state index contributed by atoms with van der Waals surface area (Å²) in [7, 11) is 2.96. The van der Waals surface area contributed by atoms with Gasteiger partial charge in [-0.3, -0.25) is 14.5 Å². The number of benzene rings is 1. The number of thiophene rings is 1. The predicted octanol–water partition coefficient (Wildman–Crippen LogP) is 3.43. The third-order valence-corrected chi connectivity index (χ3v) is 6.75. The van der Waals surface area contributed by atoms with Crippen LogP contribution in [-0.2, 0) is 16.1 Å². The second kappa shape index (κ2) is 10.8. The minimum absolute atomic E-state index is 0.0340. The first-order chi connectivity index (χ1) is 16.5. The van der Waals surface area contributed by atoms with Crippen LogP contribution in [0.2, 0.25) is 0 Å². The van der Waals surface area contributed by atoms with E-state index in [-0.39, 0.29) is 12.2 Å². The van der Waals surface area contributed by atoms with Crippen molar-refractivity contribution in [2.75, 3.05) is 45.3 Å². The van der Waals surface area contributed by atoms with Gasteiger partial charge in [-0.1, -0.05) is 0 Å². The number of piperazine rings is 1. The Labute approximate surface area is 201 Å². The summed E-state index contributed by atoms with van der Waals surface area (Å²) in [5.41, 5.74) is 1.41. The highest BCUT2D eigenvalue weighted by Gasteiger charge is 2.27. The molecule has 0 amide bonds. The molecule has 1 unspecified atom stereocenters. The molecule has 8 nitrogen and oxygen atoms in total. The first-order valence-corrected chi connectivity index (χ1v) is 12.0. The first kappa shape index (κ1) is 23.8. The van der Waals surface area contributed by atoms with Crippen molar-refractivity contribution in [1.82, 2.24) is 4.90 Å². The van der Waals surface area contributed by atoms with Crippen LogP contribution in [0.4, 0.5) is 5.69 Å². The van der Waals surface area contributed by atoms with Gasteiger partial charge < -0.3 is 23.9 Å². The molecule has 4 rings (SSSR count). The van der Waals surface area contributed by atoms with Gasteiger partial charge in [-0.2, -0.15) is 11.3 Å². The molecule has 3 heterocycles. The summed E-state index contributed by atoms with van der Waals surface area (Å²) in [6.45, 7) is 3.69. The fourth-order valence-corrected chi connectivity index (χ4v) is 4.85. The zero-order valence-corrected chi connectivity index (χ0v) is 20.0. The fourth-order valence-electron chi connectivity index (χ4n) is 4.13. The van der Waals surface area contributed by atoms with Crippen molar-refractivity contribution in [3.05, 3.63) is 74.5 Å². The third kappa shape index (κ3) is 5.43. The van der Waals surface area contributed by atoms with Crippen LogP contribution in [0.25, 0.3) is 0 Å². The van der Waals surface area contributed by atoms with Crippen LogP contribution < -0.4 is 15.1 Å². The minimum Gasteiger partial charge on any atom is -0.502 e. The molecule has 2 aromatic heterocycles. The average Bonchev–Trinajstić information content (AvgIpc) is 3.40. The van der Waals surface area contributed by atoms with E-state index in [4.69, 9.17) is 13.9 Å². The van der Waals surface area contributed by atoms with Crippen molar-refractivity contribution < 1.29 is 23.8 Å². The van der Waals surface area contributed by atoms with E-state index in [1.54, 1.807) is 7.11 Å². The summed E-state index contributed by atoms with van der Waals surface area (Å²) in [6, 6.07) is 11.2. The summed E-state index contributed by atoms with van der Waals surface area (Å²) in [5.74, 6) is -0.123. The monoisotopic (exact) mass is 484 g/mol. The van der Waals surface area contributed by atoms with Gasteiger partial charge in [-0.05, 0) is 46.7 Å². The second-order valence-electron chi connectivity index (χ2n) is 8.14. The zero-order chi connectivity index (χ0) is 24.1. The number of methoxy groups -OCH3 is 2. The zero-order valence-electron chi connectivity index (χ0n) is 19.2. The van der Waals surface area contributed by atoms with Crippen molar-refractivity contribution in [2.45, 2.75) is 18.9 Å². The number of anilines is 1. The molecule has 1 aliphatic rings. The van der Waals surface area contributed by atoms with E-state index in [1.807, 2.05) is 41.1 Å². The van der Waals surface area contributed by atoms with Gasteiger partial charge in [0, 0.05) is 37.9 Å². The van der Waals surface area contributed by atoms with Crippen LogP contribution >= 0.6 is 11.3 Å². The lowest BCUT2D eigenvalue weighted by atomic mass is 9.94. The summed E-state index contributed by atoms with van der Waals surface area (Å²) in [6.07, 6.45) is -0.0340. The highest BCUT2D eigenvalue weighted by molar-refractivity contribution is 7.08. The number of carbonyl (C=O) groups is 1. The molecule has 1 atom stereocenters. The predicted molar refractivity (Wildman–Crippen MR) is 130 cm³/mol. The van der Waals surface area contributed by atoms with E-state index < -0.39 is 23.1 Å². The Morgan fingerprint density at radius 1 is 1.15 bits per heavy atom. The standard InChI is InChI=1S/C25H28N2O6S/c1-31-19-5-3-18(4-6-19)27-10-8-26(9-11-27)15-20-13-22(28)24(30)25(33-20)21(14-23(29)32-2)17-7-12-34-16-17/h3-7,12-13,16,21,30H,8-11,14-15H2,1-2H3. The Morgan fingerprint density at radius 2 is 1.88 bits per heavy atom. The summed E-state index contributed by atoms with van der Waals surface area (Å²) in [4.78, 5) is 29.1. The summed E-state index contributed by atoms with van der Waals surface area (Å²) < 4.78 is 16.1. The normalized spacial score (nSPS) is 15.2. The molecule has 0 bridgehead atoms. The van der Waals surface area contributed by atoms with Crippen LogP contribution in [0.1, 0.15) is 29.4 Å². The van der Waals surface area contributed by atoms with E-state index in [0.717, 1.165) is 43.2 Å². The lowest BCUT2D eigenvalue weighted by Crippen LogP contribution is -2.46. The molecule has 0 aliphatic carbocycles.